The van der Waals surface area contributed by atoms with Crippen molar-refractivity contribution in [3.8, 4) is 0 Å². The highest BCUT2D eigenvalue weighted by atomic mass is 35.5. The highest BCUT2D eigenvalue weighted by molar-refractivity contribution is 6.45. The molecule has 2 amide bonds. The Morgan fingerprint density at radius 1 is 1.36 bits per heavy atom. The summed E-state index contributed by atoms with van der Waals surface area (Å²) in [5.74, 6) is -1.43. The van der Waals surface area contributed by atoms with Crippen LogP contribution in [0, 0.1) is 5.92 Å². The van der Waals surface area contributed by atoms with Crippen molar-refractivity contribution < 1.29 is 14.7 Å². The molecule has 0 saturated heterocycles. The monoisotopic (exact) mass is 344 g/mol. The molecule has 2 N–H and O–H groups in total. The number of benzene rings is 1. The van der Waals surface area contributed by atoms with Crippen LogP contribution in [0.1, 0.15) is 19.3 Å². The van der Waals surface area contributed by atoms with Gasteiger partial charge in [0.1, 0.15) is 0 Å². The summed E-state index contributed by atoms with van der Waals surface area (Å²) in [7, 11) is 1.55. The Morgan fingerprint density at radius 2 is 2.09 bits per heavy atom. The summed E-state index contributed by atoms with van der Waals surface area (Å²) < 4.78 is 0. The number of halogens is 2. The van der Waals surface area contributed by atoms with E-state index in [2.05, 4.69) is 5.32 Å². The number of aliphatic hydroxyl groups is 1. The SMILES string of the molecule is CN(CC1CCCC1O)C(=O)C(=O)Nc1cccc(Cl)c1Cl. The molecule has 0 aliphatic heterocycles. The first-order chi connectivity index (χ1) is 10.4. The molecular weight excluding hydrogens is 327 g/mol. The summed E-state index contributed by atoms with van der Waals surface area (Å²) >= 11 is 11.8. The van der Waals surface area contributed by atoms with E-state index in [1.807, 2.05) is 0 Å². The molecule has 1 aromatic rings. The molecule has 0 bridgehead atoms. The van der Waals surface area contributed by atoms with Crippen LogP contribution in [0.4, 0.5) is 5.69 Å². The van der Waals surface area contributed by atoms with E-state index in [9.17, 15) is 14.7 Å². The van der Waals surface area contributed by atoms with Gasteiger partial charge in [0.25, 0.3) is 0 Å². The molecule has 1 aliphatic rings. The third-order valence-electron chi connectivity index (χ3n) is 3.87. The maximum absolute atomic E-state index is 12.1. The summed E-state index contributed by atoms with van der Waals surface area (Å²) in [6, 6.07) is 4.79. The lowest BCUT2D eigenvalue weighted by atomic mass is 10.1. The molecule has 1 aromatic carbocycles. The lowest BCUT2D eigenvalue weighted by Gasteiger charge is -2.22. The molecule has 0 radical (unpaired) electrons. The zero-order valence-corrected chi connectivity index (χ0v) is 13.7. The van der Waals surface area contributed by atoms with Gasteiger partial charge in [-0.2, -0.15) is 0 Å². The number of carbonyl (C=O) groups excluding carboxylic acids is 2. The molecule has 1 saturated carbocycles. The van der Waals surface area contributed by atoms with Crippen LogP contribution >= 0.6 is 23.2 Å². The molecule has 120 valence electrons. The first-order valence-electron chi connectivity index (χ1n) is 7.08. The van der Waals surface area contributed by atoms with Gasteiger partial charge in [0.05, 0.1) is 21.8 Å². The second-order valence-electron chi connectivity index (χ2n) is 5.50. The quantitative estimate of drug-likeness (QED) is 0.828. The predicted molar refractivity (Wildman–Crippen MR) is 86.1 cm³/mol. The Balaban J connectivity index is 1.96. The molecule has 0 aromatic heterocycles. The summed E-state index contributed by atoms with van der Waals surface area (Å²) in [5, 5.41) is 12.7. The number of likely N-dealkylation sites (N-methyl/N-ethyl adjacent to an activating group) is 1. The zero-order valence-electron chi connectivity index (χ0n) is 12.2. The largest absolute Gasteiger partial charge is 0.393 e. The molecule has 5 nitrogen and oxygen atoms in total. The molecule has 2 unspecified atom stereocenters. The number of aliphatic hydroxyl groups excluding tert-OH is 1. The van der Waals surface area contributed by atoms with E-state index >= 15 is 0 Å². The standard InChI is InChI=1S/C15H18Cl2N2O3/c1-19(8-9-4-2-7-12(9)20)15(22)14(21)18-11-6-3-5-10(16)13(11)17/h3,5-6,9,12,20H,2,4,7-8H2,1H3,(H,18,21). The van der Waals surface area contributed by atoms with Gasteiger partial charge in [-0.1, -0.05) is 35.7 Å². The molecule has 1 fully saturated rings. The van der Waals surface area contributed by atoms with Crippen molar-refractivity contribution >= 4 is 40.7 Å². The number of rotatable bonds is 3. The predicted octanol–water partition coefficient (Wildman–Crippen LogP) is 2.55. The van der Waals surface area contributed by atoms with E-state index in [1.54, 1.807) is 25.2 Å². The first kappa shape index (κ1) is 17.1. The normalized spacial score (nSPS) is 20.7. The summed E-state index contributed by atoms with van der Waals surface area (Å²) in [4.78, 5) is 25.4. The summed E-state index contributed by atoms with van der Waals surface area (Å²) in [6.45, 7) is 0.358. The van der Waals surface area contributed by atoms with Crippen molar-refractivity contribution in [2.24, 2.45) is 5.92 Å². The highest BCUT2D eigenvalue weighted by Crippen LogP contribution is 2.29. The minimum absolute atomic E-state index is 0.0245. The van der Waals surface area contributed by atoms with Gasteiger partial charge in [0.2, 0.25) is 0 Å². The molecule has 2 rings (SSSR count). The fraction of sp³-hybridized carbons (Fsp3) is 0.467. The third-order valence-corrected chi connectivity index (χ3v) is 4.69. The lowest BCUT2D eigenvalue weighted by molar-refractivity contribution is -0.142. The number of nitrogens with zero attached hydrogens (tertiary/aromatic N) is 1. The maximum atomic E-state index is 12.1. The summed E-state index contributed by atoms with van der Waals surface area (Å²) in [6.07, 6.45) is 2.15. The number of hydrogen-bond donors (Lipinski definition) is 2. The Hall–Kier alpha value is -1.30. The van der Waals surface area contributed by atoms with Gasteiger partial charge in [-0.15, -0.1) is 0 Å². The smallest absolute Gasteiger partial charge is 0.313 e. The first-order valence-corrected chi connectivity index (χ1v) is 7.84. The molecule has 1 aliphatic carbocycles. The summed E-state index contributed by atoms with van der Waals surface area (Å²) in [5.41, 5.74) is 0.293. The molecule has 2 atom stereocenters. The number of hydrogen-bond acceptors (Lipinski definition) is 3. The number of carbonyl (C=O) groups is 2. The van der Waals surface area contributed by atoms with Crippen LogP contribution < -0.4 is 5.32 Å². The number of amides is 2. The van der Waals surface area contributed by atoms with Crippen molar-refractivity contribution in [3.63, 3.8) is 0 Å². The van der Waals surface area contributed by atoms with E-state index in [4.69, 9.17) is 23.2 Å². The van der Waals surface area contributed by atoms with Crippen molar-refractivity contribution in [2.45, 2.75) is 25.4 Å². The van der Waals surface area contributed by atoms with Crippen LogP contribution in [0.3, 0.4) is 0 Å². The molecule has 7 heteroatoms. The van der Waals surface area contributed by atoms with Gasteiger partial charge in [0, 0.05) is 19.5 Å². The van der Waals surface area contributed by atoms with Gasteiger partial charge in [-0.3, -0.25) is 9.59 Å². The average molecular weight is 345 g/mol. The lowest BCUT2D eigenvalue weighted by Crippen LogP contribution is -2.41. The fourth-order valence-corrected chi connectivity index (χ4v) is 2.96. The molecule has 0 spiro atoms. The van der Waals surface area contributed by atoms with E-state index in [1.165, 1.54) is 4.90 Å². The minimum atomic E-state index is -0.779. The third kappa shape index (κ3) is 3.91. The minimum Gasteiger partial charge on any atom is -0.393 e. The second kappa shape index (κ2) is 7.31. The maximum Gasteiger partial charge on any atom is 0.313 e. The Kier molecular flexibility index (Phi) is 5.67. The van der Waals surface area contributed by atoms with Gasteiger partial charge in [-0.05, 0) is 25.0 Å². The van der Waals surface area contributed by atoms with Crippen molar-refractivity contribution in [3.05, 3.63) is 28.2 Å². The van der Waals surface area contributed by atoms with Crippen LogP contribution in [0.2, 0.25) is 10.0 Å². The van der Waals surface area contributed by atoms with E-state index in [0.717, 1.165) is 19.3 Å². The number of nitrogens with one attached hydrogen (secondary N) is 1. The van der Waals surface area contributed by atoms with Crippen LogP contribution in [-0.4, -0.2) is 41.5 Å². The Labute approximate surface area is 139 Å². The Bertz CT molecular complexity index is 580. The van der Waals surface area contributed by atoms with Crippen molar-refractivity contribution in [2.75, 3.05) is 18.9 Å². The van der Waals surface area contributed by atoms with Crippen LogP contribution in [0.25, 0.3) is 0 Å². The van der Waals surface area contributed by atoms with E-state index in [-0.39, 0.29) is 10.9 Å². The average Bonchev–Trinajstić information content (AvgIpc) is 2.88. The van der Waals surface area contributed by atoms with Crippen molar-refractivity contribution in [1.82, 2.24) is 4.90 Å². The highest BCUT2D eigenvalue weighted by Gasteiger charge is 2.29. The second-order valence-corrected chi connectivity index (χ2v) is 6.28. The van der Waals surface area contributed by atoms with Gasteiger partial charge in [0.15, 0.2) is 0 Å². The van der Waals surface area contributed by atoms with Gasteiger partial charge >= 0.3 is 11.8 Å². The molecule has 22 heavy (non-hydrogen) atoms. The topological polar surface area (TPSA) is 69.6 Å². The van der Waals surface area contributed by atoms with Crippen LogP contribution in [-0.2, 0) is 9.59 Å². The van der Waals surface area contributed by atoms with Crippen LogP contribution in [0.15, 0.2) is 18.2 Å². The molecule has 0 heterocycles. The number of anilines is 1. The zero-order chi connectivity index (χ0) is 16.3. The van der Waals surface area contributed by atoms with Gasteiger partial charge in [-0.25, -0.2) is 0 Å². The Morgan fingerprint density at radius 3 is 2.73 bits per heavy atom. The van der Waals surface area contributed by atoms with Crippen molar-refractivity contribution in [1.29, 1.82) is 0 Å². The fourth-order valence-electron chi connectivity index (χ4n) is 2.61. The van der Waals surface area contributed by atoms with E-state index < -0.39 is 17.9 Å². The van der Waals surface area contributed by atoms with Gasteiger partial charge < -0.3 is 15.3 Å². The van der Waals surface area contributed by atoms with E-state index in [0.29, 0.717) is 17.3 Å². The van der Waals surface area contributed by atoms with Crippen LogP contribution in [0.5, 0.6) is 0 Å². The molecular formula is C15H18Cl2N2O3.